The van der Waals surface area contributed by atoms with Gasteiger partial charge in [0.15, 0.2) is 0 Å². The summed E-state index contributed by atoms with van der Waals surface area (Å²) in [5.41, 5.74) is 5.73. The van der Waals surface area contributed by atoms with Crippen LogP contribution in [0.2, 0.25) is 0 Å². The third-order valence-electron chi connectivity index (χ3n) is 2.42. The Hall–Kier alpha value is -0.940. The molecule has 5 heteroatoms. The first-order valence-electron chi connectivity index (χ1n) is 4.38. The monoisotopic (exact) mass is 184 g/mol. The molecule has 72 valence electrons. The van der Waals surface area contributed by atoms with Gasteiger partial charge in [0, 0.05) is 13.1 Å². The number of aromatic nitrogens is 2. The summed E-state index contributed by atoms with van der Waals surface area (Å²) in [5.74, 6) is 0.514. The van der Waals surface area contributed by atoms with E-state index in [1.54, 1.807) is 4.57 Å². The average Bonchev–Trinajstić information content (AvgIpc) is 2.47. The lowest BCUT2D eigenvalue weighted by atomic mass is 10.3. The van der Waals surface area contributed by atoms with Gasteiger partial charge in [-0.15, -0.1) is 0 Å². The normalized spacial score (nSPS) is 19.9. The molecule has 0 aliphatic carbocycles. The number of hydrogen-bond donors (Lipinski definition) is 1. The molecule has 1 aliphatic rings. The van der Waals surface area contributed by atoms with E-state index in [2.05, 4.69) is 9.88 Å². The molecule has 0 fully saturated rings. The highest BCUT2D eigenvalue weighted by Crippen LogP contribution is 2.13. The molecule has 0 saturated carbocycles. The molecule has 2 rings (SSSR count). The molecule has 0 aromatic carbocycles. The van der Waals surface area contributed by atoms with E-state index < -0.39 is 0 Å². The summed E-state index contributed by atoms with van der Waals surface area (Å²) in [6, 6.07) is 0. The van der Waals surface area contributed by atoms with Crippen molar-refractivity contribution in [3.05, 3.63) is 18.0 Å². The van der Waals surface area contributed by atoms with Gasteiger partial charge in [-0.2, -0.15) is 4.39 Å². The van der Waals surface area contributed by atoms with Crippen LogP contribution < -0.4 is 5.73 Å². The van der Waals surface area contributed by atoms with E-state index in [9.17, 15) is 4.39 Å². The Bertz CT molecular complexity index is 307. The summed E-state index contributed by atoms with van der Waals surface area (Å²) in [6.45, 7) is 4.00. The van der Waals surface area contributed by atoms with Crippen LogP contribution in [0.5, 0.6) is 0 Å². The number of rotatable bonds is 1. The zero-order valence-corrected chi connectivity index (χ0v) is 7.57. The molecule has 0 spiro atoms. The number of hydrogen-bond acceptors (Lipinski definition) is 3. The molecule has 1 aromatic rings. The second kappa shape index (κ2) is 3.08. The highest BCUT2D eigenvalue weighted by molar-refractivity contribution is 4.97. The predicted molar refractivity (Wildman–Crippen MR) is 46.2 cm³/mol. The van der Waals surface area contributed by atoms with Crippen molar-refractivity contribution in [3.63, 3.8) is 0 Å². The van der Waals surface area contributed by atoms with E-state index in [4.69, 9.17) is 5.73 Å². The number of halogens is 1. The highest BCUT2D eigenvalue weighted by Gasteiger charge is 2.21. The van der Waals surface area contributed by atoms with Crippen LogP contribution in [-0.2, 0) is 13.1 Å². The molecule has 4 nitrogen and oxygen atoms in total. The van der Waals surface area contributed by atoms with Crippen LogP contribution in [0, 0.1) is 5.95 Å². The Morgan fingerprint density at radius 2 is 2.38 bits per heavy atom. The van der Waals surface area contributed by atoms with Crippen molar-refractivity contribution < 1.29 is 4.39 Å². The van der Waals surface area contributed by atoms with Crippen molar-refractivity contribution in [1.29, 1.82) is 0 Å². The molecule has 0 amide bonds. The van der Waals surface area contributed by atoms with Gasteiger partial charge in [-0.3, -0.25) is 4.90 Å². The molecule has 1 unspecified atom stereocenters. The zero-order valence-electron chi connectivity index (χ0n) is 7.57. The molecule has 1 aliphatic heterocycles. The zero-order chi connectivity index (χ0) is 9.42. The van der Waals surface area contributed by atoms with Crippen molar-refractivity contribution in [3.8, 4) is 0 Å². The first kappa shape index (κ1) is 8.65. The Balaban J connectivity index is 2.21. The minimum absolute atomic E-state index is 0.00788. The van der Waals surface area contributed by atoms with Crippen molar-refractivity contribution >= 4 is 0 Å². The molecular weight excluding hydrogens is 171 g/mol. The summed E-state index contributed by atoms with van der Waals surface area (Å²) >= 11 is 0. The Kier molecular flexibility index (Phi) is 2.05. The van der Waals surface area contributed by atoms with Crippen LogP contribution in [0.3, 0.4) is 0 Å². The molecule has 0 radical (unpaired) electrons. The standard InChI is InChI=1S/C8H13FN4/c1-6(10)12-2-3-13-7(9)4-11-8(13)5-12/h4,6H,2-3,5,10H2,1H3. The maximum atomic E-state index is 13.0. The van der Waals surface area contributed by atoms with Gasteiger partial charge < -0.3 is 10.3 Å². The highest BCUT2D eigenvalue weighted by atomic mass is 19.1. The van der Waals surface area contributed by atoms with Gasteiger partial charge in [-0.1, -0.05) is 0 Å². The van der Waals surface area contributed by atoms with E-state index in [-0.39, 0.29) is 12.1 Å². The summed E-state index contributed by atoms with van der Waals surface area (Å²) in [6.07, 6.45) is 1.27. The van der Waals surface area contributed by atoms with Gasteiger partial charge in [0.1, 0.15) is 5.82 Å². The third-order valence-corrected chi connectivity index (χ3v) is 2.42. The number of nitrogens with two attached hydrogens (primary N) is 1. The molecule has 0 bridgehead atoms. The maximum absolute atomic E-state index is 13.0. The smallest absolute Gasteiger partial charge is 0.213 e. The SMILES string of the molecule is CC(N)N1CCn2c(F)cnc2C1. The third kappa shape index (κ3) is 1.45. The predicted octanol–water partition coefficient (Wildman–Crippen LogP) is 0.142. The lowest BCUT2D eigenvalue weighted by Crippen LogP contribution is -2.44. The van der Waals surface area contributed by atoms with Crippen LogP contribution in [0.15, 0.2) is 6.20 Å². The van der Waals surface area contributed by atoms with Crippen molar-refractivity contribution in [1.82, 2.24) is 14.5 Å². The van der Waals surface area contributed by atoms with E-state index in [0.29, 0.717) is 13.1 Å². The lowest BCUT2D eigenvalue weighted by molar-refractivity contribution is 0.161. The van der Waals surface area contributed by atoms with Crippen molar-refractivity contribution in [2.75, 3.05) is 6.54 Å². The number of nitrogens with zero attached hydrogens (tertiary/aromatic N) is 3. The van der Waals surface area contributed by atoms with Gasteiger partial charge in [-0.25, -0.2) is 4.98 Å². The van der Waals surface area contributed by atoms with Crippen molar-refractivity contribution in [2.24, 2.45) is 5.73 Å². The van der Waals surface area contributed by atoms with Gasteiger partial charge in [0.05, 0.1) is 18.9 Å². The number of imidazole rings is 1. The van der Waals surface area contributed by atoms with Gasteiger partial charge in [0.25, 0.3) is 0 Å². The Labute approximate surface area is 76.2 Å². The quantitative estimate of drug-likeness (QED) is 0.675. The second-order valence-corrected chi connectivity index (χ2v) is 3.36. The molecule has 0 saturated heterocycles. The van der Waals surface area contributed by atoms with Crippen LogP contribution in [0.1, 0.15) is 12.7 Å². The first-order chi connectivity index (χ1) is 6.18. The molecule has 1 aromatic heterocycles. The van der Waals surface area contributed by atoms with Gasteiger partial charge in [0.2, 0.25) is 5.95 Å². The van der Waals surface area contributed by atoms with Crippen molar-refractivity contribution in [2.45, 2.75) is 26.2 Å². The Morgan fingerprint density at radius 3 is 3.08 bits per heavy atom. The minimum Gasteiger partial charge on any atom is -0.316 e. The lowest BCUT2D eigenvalue weighted by Gasteiger charge is -2.30. The average molecular weight is 184 g/mol. The van der Waals surface area contributed by atoms with Gasteiger partial charge >= 0.3 is 0 Å². The Morgan fingerprint density at radius 1 is 1.62 bits per heavy atom. The summed E-state index contributed by atoms with van der Waals surface area (Å²) in [7, 11) is 0. The van der Waals surface area contributed by atoms with E-state index >= 15 is 0 Å². The van der Waals surface area contributed by atoms with E-state index in [1.807, 2.05) is 6.92 Å². The molecular formula is C8H13FN4. The molecule has 2 N–H and O–H groups in total. The number of fused-ring (bicyclic) bond motifs is 1. The fourth-order valence-corrected chi connectivity index (χ4v) is 1.59. The minimum atomic E-state index is -0.251. The summed E-state index contributed by atoms with van der Waals surface area (Å²) in [4.78, 5) is 6.05. The second-order valence-electron chi connectivity index (χ2n) is 3.36. The van der Waals surface area contributed by atoms with Crippen LogP contribution in [0.4, 0.5) is 4.39 Å². The fourth-order valence-electron chi connectivity index (χ4n) is 1.59. The van der Waals surface area contributed by atoms with E-state index in [0.717, 1.165) is 12.4 Å². The largest absolute Gasteiger partial charge is 0.316 e. The van der Waals surface area contributed by atoms with E-state index in [1.165, 1.54) is 6.20 Å². The fraction of sp³-hybridized carbons (Fsp3) is 0.625. The van der Waals surface area contributed by atoms with Crippen LogP contribution >= 0.6 is 0 Å². The topological polar surface area (TPSA) is 47.1 Å². The molecule has 1 atom stereocenters. The maximum Gasteiger partial charge on any atom is 0.213 e. The summed E-state index contributed by atoms with van der Waals surface area (Å²) in [5, 5.41) is 0. The van der Waals surface area contributed by atoms with Gasteiger partial charge in [-0.05, 0) is 6.92 Å². The summed E-state index contributed by atoms with van der Waals surface area (Å²) < 4.78 is 14.6. The van der Waals surface area contributed by atoms with Crippen LogP contribution in [0.25, 0.3) is 0 Å². The molecule has 13 heavy (non-hydrogen) atoms. The van der Waals surface area contributed by atoms with Crippen LogP contribution in [-0.4, -0.2) is 27.2 Å². The first-order valence-corrected chi connectivity index (χ1v) is 4.38. The molecule has 2 heterocycles.